The average molecular weight is 98.1 g/mol. The highest BCUT2D eigenvalue weighted by molar-refractivity contribution is 5.88. The van der Waals surface area contributed by atoms with E-state index in [-0.39, 0.29) is 0 Å². The Kier molecular flexibility index (Phi) is 2.59. The van der Waals surface area contributed by atoms with Gasteiger partial charge in [0.15, 0.2) is 0 Å². The smallest absolute Gasteiger partial charge is 0.262 e. The zero-order valence-electron chi connectivity index (χ0n) is 3.55. The summed E-state index contributed by atoms with van der Waals surface area (Å²) >= 11 is 0. The van der Waals surface area contributed by atoms with Gasteiger partial charge in [-0.25, -0.2) is 0 Å². The number of hydrogen-bond donors (Lipinski definition) is 0. The third-order valence-electron chi connectivity index (χ3n) is 0.326. The summed E-state index contributed by atoms with van der Waals surface area (Å²) in [6.07, 6.45) is 2.31. The van der Waals surface area contributed by atoms with Crippen molar-refractivity contribution in [1.29, 1.82) is 0 Å². The van der Waals surface area contributed by atoms with Crippen LogP contribution in [0.3, 0.4) is 0 Å². The minimum atomic E-state index is -0.855. The number of amides is 1. The van der Waals surface area contributed by atoms with E-state index in [2.05, 4.69) is 0 Å². The minimum absolute atomic E-state index is 0.451. The summed E-state index contributed by atoms with van der Waals surface area (Å²) in [5, 5.41) is 0. The van der Waals surface area contributed by atoms with Gasteiger partial charge in [-0.2, -0.15) is 0 Å². The van der Waals surface area contributed by atoms with Crippen LogP contribution in [0.25, 0.3) is 0 Å². The van der Waals surface area contributed by atoms with Crippen LogP contribution in [-0.4, -0.2) is 12.2 Å². The first-order valence-electron chi connectivity index (χ1n) is 1.65. The Hall–Kier alpha value is -1.12. The average Bonchev–Trinajstić information content (AvgIpc) is 1.61. The summed E-state index contributed by atoms with van der Waals surface area (Å²) in [6.45, 7) is 0. The molecule has 0 saturated heterocycles. The van der Waals surface area contributed by atoms with Gasteiger partial charge in [-0.1, -0.05) is 0 Å². The van der Waals surface area contributed by atoms with Gasteiger partial charge in [0.2, 0.25) is 0 Å². The van der Waals surface area contributed by atoms with Gasteiger partial charge in [0, 0.05) is 6.08 Å². The molecule has 0 aliphatic heterocycles. The number of carbonyl (C=O) groups is 2. The van der Waals surface area contributed by atoms with E-state index in [1.807, 2.05) is 0 Å². The van der Waals surface area contributed by atoms with Gasteiger partial charge in [0.1, 0.15) is 6.29 Å². The highest BCUT2D eigenvalue weighted by Gasteiger charge is 1.77. The fourth-order valence-corrected chi connectivity index (χ4v) is 0.127. The van der Waals surface area contributed by atoms with E-state index in [9.17, 15) is 9.59 Å². The van der Waals surface area contributed by atoms with Crippen molar-refractivity contribution in [2.75, 3.05) is 0 Å². The van der Waals surface area contributed by atoms with Crippen LogP contribution in [0.4, 0.5) is 0 Å². The van der Waals surface area contributed by atoms with Crippen molar-refractivity contribution in [2.24, 2.45) is 0 Å². The maximum absolute atomic E-state index is 9.62. The molecule has 0 saturated carbocycles. The zero-order valence-corrected chi connectivity index (χ0v) is 3.55. The molecular formula is C4H4NO2. The largest absolute Gasteiger partial charge is 0.299 e. The highest BCUT2D eigenvalue weighted by atomic mass is 16.1. The first-order valence-corrected chi connectivity index (χ1v) is 1.65. The Balaban J connectivity index is 3.46. The van der Waals surface area contributed by atoms with Crippen molar-refractivity contribution in [3.8, 4) is 0 Å². The summed E-state index contributed by atoms with van der Waals surface area (Å²) < 4.78 is 0. The molecule has 1 amide bonds. The van der Waals surface area contributed by atoms with Crippen molar-refractivity contribution >= 4 is 12.2 Å². The van der Waals surface area contributed by atoms with Crippen LogP contribution in [0.1, 0.15) is 0 Å². The Morgan fingerprint density at radius 1 is 1.57 bits per heavy atom. The van der Waals surface area contributed by atoms with Crippen LogP contribution < -0.4 is 5.73 Å². The fraction of sp³-hybridized carbons (Fsp3) is 0. The first kappa shape index (κ1) is 5.88. The predicted molar refractivity (Wildman–Crippen MR) is 23.3 cm³/mol. The Morgan fingerprint density at radius 2 is 2.14 bits per heavy atom. The second-order valence-corrected chi connectivity index (χ2v) is 0.859. The highest BCUT2D eigenvalue weighted by Crippen LogP contribution is 1.62. The van der Waals surface area contributed by atoms with Crippen LogP contribution in [0.15, 0.2) is 12.2 Å². The van der Waals surface area contributed by atoms with Crippen molar-refractivity contribution in [1.82, 2.24) is 5.73 Å². The zero-order chi connectivity index (χ0) is 5.70. The normalized spacial score (nSPS) is 9.14. The first-order chi connectivity index (χ1) is 3.27. The molecule has 0 bridgehead atoms. The van der Waals surface area contributed by atoms with Gasteiger partial charge < -0.3 is 0 Å². The molecule has 0 heterocycles. The van der Waals surface area contributed by atoms with Crippen LogP contribution in [-0.2, 0) is 9.59 Å². The maximum Gasteiger partial charge on any atom is 0.262 e. The van der Waals surface area contributed by atoms with E-state index < -0.39 is 5.91 Å². The summed E-state index contributed by atoms with van der Waals surface area (Å²) in [5.74, 6) is -0.855. The molecule has 0 spiro atoms. The molecule has 0 aliphatic carbocycles. The molecule has 0 aromatic rings. The summed E-state index contributed by atoms with van der Waals surface area (Å²) in [6, 6.07) is 0. The van der Waals surface area contributed by atoms with Gasteiger partial charge in [-0.05, 0) is 6.08 Å². The summed E-state index contributed by atoms with van der Waals surface area (Å²) in [4.78, 5) is 19.0. The van der Waals surface area contributed by atoms with Crippen molar-refractivity contribution in [2.45, 2.75) is 0 Å². The third kappa shape index (κ3) is 4.88. The molecule has 7 heavy (non-hydrogen) atoms. The lowest BCUT2D eigenvalue weighted by molar-refractivity contribution is -0.114. The van der Waals surface area contributed by atoms with Crippen LogP contribution in [0.2, 0.25) is 0 Å². The molecule has 1 radical (unpaired) electrons. The predicted octanol–water partition coefficient (Wildman–Crippen LogP) is -0.449. The van der Waals surface area contributed by atoms with Crippen molar-refractivity contribution < 1.29 is 9.59 Å². The number of carbonyl (C=O) groups excluding carboxylic acids is 2. The van der Waals surface area contributed by atoms with Crippen LogP contribution >= 0.6 is 0 Å². The Morgan fingerprint density at radius 3 is 2.29 bits per heavy atom. The van der Waals surface area contributed by atoms with Crippen molar-refractivity contribution in [3.05, 3.63) is 12.2 Å². The number of hydrogen-bond acceptors (Lipinski definition) is 2. The number of rotatable bonds is 2. The van der Waals surface area contributed by atoms with Gasteiger partial charge in [-0.15, -0.1) is 0 Å². The van der Waals surface area contributed by atoms with E-state index in [1.54, 1.807) is 0 Å². The molecule has 0 atom stereocenters. The molecule has 0 fully saturated rings. The van der Waals surface area contributed by atoms with Crippen LogP contribution in [0, 0.1) is 0 Å². The Bertz CT molecular complexity index is 106. The molecular weight excluding hydrogens is 94.0 g/mol. The molecule has 0 rings (SSSR count). The van der Waals surface area contributed by atoms with E-state index in [0.29, 0.717) is 6.29 Å². The second-order valence-electron chi connectivity index (χ2n) is 0.859. The molecule has 0 aliphatic rings. The minimum Gasteiger partial charge on any atom is -0.299 e. The van der Waals surface area contributed by atoms with E-state index >= 15 is 0 Å². The molecule has 0 aromatic carbocycles. The maximum atomic E-state index is 9.62. The quantitative estimate of drug-likeness (QED) is 0.347. The van der Waals surface area contributed by atoms with Gasteiger partial charge in [0.05, 0.1) is 0 Å². The topological polar surface area (TPSA) is 57.9 Å². The van der Waals surface area contributed by atoms with Gasteiger partial charge >= 0.3 is 0 Å². The summed E-state index contributed by atoms with van der Waals surface area (Å²) in [5.41, 5.74) is 6.20. The van der Waals surface area contributed by atoms with E-state index in [1.165, 1.54) is 0 Å². The standard InChI is InChI=1S/C4H4NO2/c5-4(7)2-1-3-6/h1-3,5H/b2-1-. The molecule has 1 N–H and O–H groups in total. The number of allylic oxidation sites excluding steroid dienone is 1. The molecule has 0 aromatic heterocycles. The lowest BCUT2D eigenvalue weighted by Gasteiger charge is -1.67. The monoisotopic (exact) mass is 98.0 g/mol. The molecule has 3 nitrogen and oxygen atoms in total. The lowest BCUT2D eigenvalue weighted by Crippen LogP contribution is -1.88. The third-order valence-corrected chi connectivity index (χ3v) is 0.326. The number of nitrogens with one attached hydrogen (secondary N) is 1. The second kappa shape index (κ2) is 3.08. The molecule has 37 valence electrons. The lowest BCUT2D eigenvalue weighted by atomic mass is 10.5. The van der Waals surface area contributed by atoms with E-state index in [4.69, 9.17) is 5.73 Å². The van der Waals surface area contributed by atoms with Gasteiger partial charge in [0.25, 0.3) is 5.91 Å². The number of aldehydes is 1. The van der Waals surface area contributed by atoms with Crippen LogP contribution in [0.5, 0.6) is 0 Å². The molecule has 3 heteroatoms. The van der Waals surface area contributed by atoms with Crippen molar-refractivity contribution in [3.63, 3.8) is 0 Å². The van der Waals surface area contributed by atoms with Gasteiger partial charge in [-0.3, -0.25) is 15.3 Å². The SMILES string of the molecule is [NH]C(=O)/C=C\C=O. The fourth-order valence-electron chi connectivity index (χ4n) is 0.127. The Labute approximate surface area is 40.8 Å². The summed E-state index contributed by atoms with van der Waals surface area (Å²) in [7, 11) is 0. The molecule has 0 unspecified atom stereocenters. The van der Waals surface area contributed by atoms with E-state index in [0.717, 1.165) is 12.2 Å².